The minimum absolute atomic E-state index is 0.609. The molecule has 0 aliphatic heterocycles. The van der Waals surface area contributed by atoms with Gasteiger partial charge in [-0.15, -0.1) is 0 Å². The molecular formula is C57H37N5. The van der Waals surface area contributed by atoms with Crippen molar-refractivity contribution in [3.05, 3.63) is 224 Å². The minimum atomic E-state index is 0.609. The summed E-state index contributed by atoms with van der Waals surface area (Å²) in [6, 6.07) is 79.2. The number of rotatable bonds is 7. The Morgan fingerprint density at radius 2 is 0.565 bits per heavy atom. The molecule has 0 fully saturated rings. The van der Waals surface area contributed by atoms with Crippen molar-refractivity contribution in [1.82, 2.24) is 24.1 Å². The Morgan fingerprint density at radius 1 is 0.226 bits per heavy atom. The second kappa shape index (κ2) is 14.7. The fourth-order valence-electron chi connectivity index (χ4n) is 9.02. The summed E-state index contributed by atoms with van der Waals surface area (Å²) in [5.41, 5.74) is 14.0. The van der Waals surface area contributed by atoms with Crippen molar-refractivity contribution < 1.29 is 0 Å². The molecule has 290 valence electrons. The third-order valence-electron chi connectivity index (χ3n) is 12.0. The zero-order valence-corrected chi connectivity index (χ0v) is 33.6. The van der Waals surface area contributed by atoms with Gasteiger partial charge in [-0.3, -0.25) is 0 Å². The van der Waals surface area contributed by atoms with Gasteiger partial charge in [-0.2, -0.15) is 0 Å². The highest BCUT2D eigenvalue weighted by atomic mass is 15.0. The Kier molecular flexibility index (Phi) is 8.42. The molecule has 0 aliphatic rings. The molecule has 0 unspecified atom stereocenters. The van der Waals surface area contributed by atoms with Gasteiger partial charge in [0.25, 0.3) is 0 Å². The van der Waals surface area contributed by atoms with Crippen molar-refractivity contribution in [3.63, 3.8) is 0 Å². The monoisotopic (exact) mass is 791 g/mol. The van der Waals surface area contributed by atoms with Crippen LogP contribution in [-0.2, 0) is 0 Å². The van der Waals surface area contributed by atoms with E-state index in [-0.39, 0.29) is 0 Å². The predicted octanol–water partition coefficient (Wildman–Crippen LogP) is 14.4. The number of hydrogen-bond acceptors (Lipinski definition) is 3. The smallest absolute Gasteiger partial charge is 0.164 e. The van der Waals surface area contributed by atoms with Crippen molar-refractivity contribution in [2.24, 2.45) is 0 Å². The molecule has 0 radical (unpaired) electrons. The van der Waals surface area contributed by atoms with Gasteiger partial charge in [-0.1, -0.05) is 170 Å². The summed E-state index contributed by atoms with van der Waals surface area (Å²) in [5, 5.41) is 4.75. The first-order valence-electron chi connectivity index (χ1n) is 20.9. The SMILES string of the molecule is c1ccc(-c2ccc(-c3cccc(-c4nc(-c5ccc6c7ccccc7n(-c7ccccc7)c6c5)nc(-c5ccc6c7ccccc7n(-c7ccccc7)c6c5)n4)c3)cc2)cc1. The lowest BCUT2D eigenvalue weighted by Crippen LogP contribution is -2.01. The van der Waals surface area contributed by atoms with Crippen LogP contribution in [0, 0.1) is 0 Å². The molecule has 0 saturated carbocycles. The Hall–Kier alpha value is -8.41. The first-order valence-corrected chi connectivity index (χ1v) is 20.9. The number of benzene rings is 9. The fraction of sp³-hybridized carbons (Fsp3) is 0. The van der Waals surface area contributed by atoms with Crippen LogP contribution < -0.4 is 0 Å². The van der Waals surface area contributed by atoms with E-state index < -0.39 is 0 Å². The molecule has 0 spiro atoms. The summed E-state index contributed by atoms with van der Waals surface area (Å²) in [6.45, 7) is 0. The predicted molar refractivity (Wildman–Crippen MR) is 256 cm³/mol. The molecular weight excluding hydrogens is 755 g/mol. The molecule has 0 saturated heterocycles. The maximum absolute atomic E-state index is 5.30. The molecule has 0 amide bonds. The van der Waals surface area contributed by atoms with Crippen LogP contribution in [0.15, 0.2) is 224 Å². The maximum atomic E-state index is 5.30. The topological polar surface area (TPSA) is 48.5 Å². The van der Waals surface area contributed by atoms with Crippen molar-refractivity contribution in [2.45, 2.75) is 0 Å². The summed E-state index contributed by atoms with van der Waals surface area (Å²) in [6.07, 6.45) is 0. The highest BCUT2D eigenvalue weighted by molar-refractivity contribution is 6.11. The number of para-hydroxylation sites is 4. The number of aromatic nitrogens is 5. The number of hydrogen-bond donors (Lipinski definition) is 0. The molecule has 9 aromatic carbocycles. The third kappa shape index (κ3) is 6.06. The lowest BCUT2D eigenvalue weighted by Gasteiger charge is -2.12. The summed E-state index contributed by atoms with van der Waals surface area (Å²) in [5.74, 6) is 1.83. The average molecular weight is 792 g/mol. The van der Waals surface area contributed by atoms with E-state index in [0.717, 1.165) is 61.3 Å². The van der Waals surface area contributed by atoms with Crippen molar-refractivity contribution in [2.75, 3.05) is 0 Å². The van der Waals surface area contributed by atoms with Crippen molar-refractivity contribution in [1.29, 1.82) is 0 Å². The highest BCUT2D eigenvalue weighted by Gasteiger charge is 2.19. The molecule has 3 aromatic heterocycles. The minimum Gasteiger partial charge on any atom is -0.309 e. The molecule has 3 heterocycles. The summed E-state index contributed by atoms with van der Waals surface area (Å²) in [4.78, 5) is 15.9. The molecule has 0 bridgehead atoms. The Morgan fingerprint density at radius 3 is 1.06 bits per heavy atom. The van der Waals surface area contributed by atoms with Crippen LogP contribution in [0.4, 0.5) is 0 Å². The van der Waals surface area contributed by atoms with Gasteiger partial charge in [0.2, 0.25) is 0 Å². The Labute approximate surface area is 358 Å². The van der Waals surface area contributed by atoms with Gasteiger partial charge in [0, 0.05) is 49.6 Å². The lowest BCUT2D eigenvalue weighted by atomic mass is 9.99. The van der Waals surface area contributed by atoms with Crippen LogP contribution in [-0.4, -0.2) is 24.1 Å². The third-order valence-corrected chi connectivity index (χ3v) is 12.0. The van der Waals surface area contributed by atoms with E-state index in [1.54, 1.807) is 0 Å². The molecule has 5 heteroatoms. The zero-order chi connectivity index (χ0) is 41.0. The van der Waals surface area contributed by atoms with Gasteiger partial charge in [-0.25, -0.2) is 15.0 Å². The first kappa shape index (κ1) is 35.5. The lowest BCUT2D eigenvalue weighted by molar-refractivity contribution is 1.07. The summed E-state index contributed by atoms with van der Waals surface area (Å²) in [7, 11) is 0. The van der Waals surface area contributed by atoms with E-state index in [2.05, 4.69) is 228 Å². The van der Waals surface area contributed by atoms with Crippen LogP contribution in [0.1, 0.15) is 0 Å². The van der Waals surface area contributed by atoms with E-state index >= 15 is 0 Å². The van der Waals surface area contributed by atoms with Crippen molar-refractivity contribution in [3.8, 4) is 67.8 Å². The van der Waals surface area contributed by atoms with Crippen LogP contribution in [0.3, 0.4) is 0 Å². The van der Waals surface area contributed by atoms with E-state index in [1.165, 1.54) is 32.7 Å². The summed E-state index contributed by atoms with van der Waals surface area (Å²) < 4.78 is 4.67. The zero-order valence-electron chi connectivity index (χ0n) is 33.6. The molecule has 0 aliphatic carbocycles. The standard InChI is InChI=1S/C57H37N5/c1-4-15-38(16-5-1)39-27-29-40(30-28-39)41-17-14-18-42(35-41)55-58-56(43-31-33-49-47-23-10-12-25-51(47)61(53(49)36-43)45-19-6-2-7-20-45)60-57(59-55)44-32-34-50-48-24-11-13-26-52(48)62(54(50)37-44)46-21-8-3-9-22-46/h1-37H. The quantitative estimate of drug-likeness (QED) is 0.162. The van der Waals surface area contributed by atoms with Crippen LogP contribution >= 0.6 is 0 Å². The van der Waals surface area contributed by atoms with Gasteiger partial charge in [-0.05, 0) is 76.9 Å². The molecule has 5 nitrogen and oxygen atoms in total. The number of nitrogens with zero attached hydrogens (tertiary/aromatic N) is 5. The van der Waals surface area contributed by atoms with Gasteiger partial charge in [0.15, 0.2) is 17.5 Å². The number of fused-ring (bicyclic) bond motifs is 6. The van der Waals surface area contributed by atoms with Gasteiger partial charge < -0.3 is 9.13 Å². The Bertz CT molecular complexity index is 3430. The van der Waals surface area contributed by atoms with Gasteiger partial charge >= 0.3 is 0 Å². The van der Waals surface area contributed by atoms with Crippen LogP contribution in [0.5, 0.6) is 0 Å². The molecule has 0 N–H and O–H groups in total. The van der Waals surface area contributed by atoms with E-state index in [9.17, 15) is 0 Å². The summed E-state index contributed by atoms with van der Waals surface area (Å²) >= 11 is 0. The van der Waals surface area contributed by atoms with E-state index in [4.69, 9.17) is 15.0 Å². The largest absolute Gasteiger partial charge is 0.309 e. The highest BCUT2D eigenvalue weighted by Crippen LogP contribution is 2.38. The molecule has 0 atom stereocenters. The maximum Gasteiger partial charge on any atom is 0.164 e. The van der Waals surface area contributed by atoms with Crippen LogP contribution in [0.2, 0.25) is 0 Å². The van der Waals surface area contributed by atoms with E-state index in [0.29, 0.717) is 17.5 Å². The molecule has 12 aromatic rings. The van der Waals surface area contributed by atoms with Gasteiger partial charge in [0.1, 0.15) is 0 Å². The second-order valence-corrected chi connectivity index (χ2v) is 15.7. The normalized spacial score (nSPS) is 11.5. The van der Waals surface area contributed by atoms with Crippen molar-refractivity contribution >= 4 is 43.6 Å². The average Bonchev–Trinajstić information content (AvgIpc) is 3.87. The first-order chi connectivity index (χ1) is 30.7. The van der Waals surface area contributed by atoms with Gasteiger partial charge in [0.05, 0.1) is 22.1 Å². The fourth-order valence-corrected chi connectivity index (χ4v) is 9.02. The second-order valence-electron chi connectivity index (χ2n) is 15.7. The Balaban J connectivity index is 1.05. The van der Waals surface area contributed by atoms with Crippen LogP contribution in [0.25, 0.3) is 111 Å². The van der Waals surface area contributed by atoms with E-state index in [1.807, 2.05) is 6.07 Å². The molecule has 12 rings (SSSR count). The molecule has 62 heavy (non-hydrogen) atoms.